The average Bonchev–Trinajstić information content (AvgIpc) is 2.87. The molecule has 1 aliphatic heterocycles. The Bertz CT molecular complexity index is 729. The average molecular weight is 375 g/mol. The van der Waals surface area contributed by atoms with Crippen molar-refractivity contribution in [2.45, 2.75) is 26.7 Å². The first-order chi connectivity index (χ1) is 11.2. The van der Waals surface area contributed by atoms with E-state index in [1.807, 2.05) is 0 Å². The van der Waals surface area contributed by atoms with E-state index in [0.29, 0.717) is 35.1 Å². The van der Waals surface area contributed by atoms with Crippen molar-refractivity contribution < 1.29 is 22.7 Å². The van der Waals surface area contributed by atoms with Crippen molar-refractivity contribution in [3.63, 3.8) is 0 Å². The van der Waals surface area contributed by atoms with Crippen LogP contribution in [-0.4, -0.2) is 55.5 Å². The van der Waals surface area contributed by atoms with Crippen LogP contribution >= 0.6 is 11.3 Å². The summed E-state index contributed by atoms with van der Waals surface area (Å²) in [6.07, 6.45) is 2.40. The van der Waals surface area contributed by atoms with E-state index in [4.69, 9.17) is 4.74 Å². The van der Waals surface area contributed by atoms with Gasteiger partial charge in [0, 0.05) is 13.1 Å². The van der Waals surface area contributed by atoms with Crippen LogP contribution in [0.4, 0.5) is 5.13 Å². The molecule has 1 aromatic heterocycles. The molecule has 1 amide bonds. The van der Waals surface area contributed by atoms with E-state index in [0.717, 1.165) is 17.6 Å². The summed E-state index contributed by atoms with van der Waals surface area (Å²) in [5.74, 6) is -1.18. The number of hydrogen-bond acceptors (Lipinski definition) is 7. The summed E-state index contributed by atoms with van der Waals surface area (Å²) in [6.45, 7) is 4.25. The molecule has 0 aliphatic carbocycles. The Balaban J connectivity index is 2.04. The first-order valence-corrected chi connectivity index (χ1v) is 10.3. The molecule has 1 N–H and O–H groups in total. The van der Waals surface area contributed by atoms with Crippen LogP contribution < -0.4 is 5.32 Å². The molecule has 0 saturated carbocycles. The Morgan fingerprint density at radius 2 is 2.17 bits per heavy atom. The van der Waals surface area contributed by atoms with Crippen molar-refractivity contribution in [1.29, 1.82) is 0 Å². The monoisotopic (exact) mass is 375 g/mol. The number of anilines is 1. The molecular formula is C14H21N3O5S2. The summed E-state index contributed by atoms with van der Waals surface area (Å²) in [5, 5.41) is 3.00. The third-order valence-electron chi connectivity index (χ3n) is 3.71. The normalized spacial score (nSPS) is 19.0. The van der Waals surface area contributed by atoms with Gasteiger partial charge in [-0.3, -0.25) is 4.79 Å². The molecule has 1 aromatic rings. The van der Waals surface area contributed by atoms with Crippen LogP contribution in [0.5, 0.6) is 0 Å². The van der Waals surface area contributed by atoms with Crippen molar-refractivity contribution >= 4 is 38.4 Å². The van der Waals surface area contributed by atoms with Crippen molar-refractivity contribution in [2.24, 2.45) is 5.92 Å². The van der Waals surface area contributed by atoms with Gasteiger partial charge < -0.3 is 10.1 Å². The lowest BCUT2D eigenvalue weighted by atomic mass is 9.99. The van der Waals surface area contributed by atoms with E-state index in [9.17, 15) is 18.0 Å². The van der Waals surface area contributed by atoms with Gasteiger partial charge >= 0.3 is 5.97 Å². The van der Waals surface area contributed by atoms with Gasteiger partial charge in [0.15, 0.2) is 5.13 Å². The lowest BCUT2D eigenvalue weighted by molar-refractivity contribution is -0.120. The van der Waals surface area contributed by atoms with Gasteiger partial charge in [-0.2, -0.15) is 0 Å². The smallest absolute Gasteiger partial charge is 0.350 e. The fraction of sp³-hybridized carbons (Fsp3) is 0.643. The maximum atomic E-state index is 12.4. The van der Waals surface area contributed by atoms with Gasteiger partial charge in [0.25, 0.3) is 0 Å². The Labute approximate surface area is 145 Å². The molecule has 1 saturated heterocycles. The summed E-state index contributed by atoms with van der Waals surface area (Å²) >= 11 is 1.06. The predicted molar refractivity (Wildman–Crippen MR) is 90.6 cm³/mol. The van der Waals surface area contributed by atoms with Gasteiger partial charge in [-0.1, -0.05) is 11.3 Å². The topological polar surface area (TPSA) is 106 Å². The third-order valence-corrected chi connectivity index (χ3v) is 6.03. The number of carbonyl (C=O) groups excluding carboxylic acids is 2. The minimum absolute atomic E-state index is 0.166. The van der Waals surface area contributed by atoms with E-state index in [2.05, 4.69) is 10.3 Å². The number of thiazole rings is 1. The summed E-state index contributed by atoms with van der Waals surface area (Å²) in [7, 11) is -3.31. The second-order valence-corrected chi connectivity index (χ2v) is 8.58. The lowest BCUT2D eigenvalue weighted by Gasteiger charge is -2.29. The molecule has 134 valence electrons. The number of amides is 1. The minimum atomic E-state index is -3.31. The van der Waals surface area contributed by atoms with Crippen molar-refractivity contribution in [2.75, 3.05) is 31.3 Å². The number of aromatic nitrogens is 1. The molecule has 0 spiro atoms. The van der Waals surface area contributed by atoms with Crippen LogP contribution in [0.2, 0.25) is 0 Å². The van der Waals surface area contributed by atoms with Crippen LogP contribution in [0.1, 0.15) is 35.1 Å². The molecule has 0 aromatic carbocycles. The van der Waals surface area contributed by atoms with E-state index < -0.39 is 21.9 Å². The standard InChI is InChI=1S/C14H21N3O5S2/c1-4-22-13(19)11-9(2)15-14(23-11)16-12(18)10-6-5-7-17(8-10)24(3,20)21/h10H,4-8H2,1-3H3,(H,15,16,18). The zero-order chi connectivity index (χ0) is 17.9. The van der Waals surface area contributed by atoms with Crippen LogP contribution in [0, 0.1) is 12.8 Å². The molecular weight excluding hydrogens is 354 g/mol. The maximum Gasteiger partial charge on any atom is 0.350 e. The molecule has 10 heteroatoms. The lowest BCUT2D eigenvalue weighted by Crippen LogP contribution is -2.43. The highest BCUT2D eigenvalue weighted by Gasteiger charge is 2.30. The molecule has 2 rings (SSSR count). The summed E-state index contributed by atoms with van der Waals surface area (Å²) < 4.78 is 29.5. The largest absolute Gasteiger partial charge is 0.462 e. The van der Waals surface area contributed by atoms with Crippen LogP contribution in [0.25, 0.3) is 0 Å². The van der Waals surface area contributed by atoms with Crippen molar-refractivity contribution in [1.82, 2.24) is 9.29 Å². The van der Waals surface area contributed by atoms with Crippen molar-refractivity contribution in [3.8, 4) is 0 Å². The first kappa shape index (κ1) is 18.8. The van der Waals surface area contributed by atoms with Crippen LogP contribution in [0.15, 0.2) is 0 Å². The fourth-order valence-electron chi connectivity index (χ4n) is 2.50. The van der Waals surface area contributed by atoms with Gasteiger partial charge in [-0.15, -0.1) is 0 Å². The molecule has 1 unspecified atom stereocenters. The molecule has 24 heavy (non-hydrogen) atoms. The molecule has 0 bridgehead atoms. The second kappa shape index (κ2) is 7.58. The Hall–Kier alpha value is -1.52. The SMILES string of the molecule is CCOC(=O)c1sc(NC(=O)C2CCCN(S(C)(=O)=O)C2)nc1C. The van der Waals surface area contributed by atoms with Gasteiger partial charge in [-0.25, -0.2) is 22.5 Å². The van der Waals surface area contributed by atoms with Crippen molar-refractivity contribution in [3.05, 3.63) is 10.6 Å². The molecule has 1 atom stereocenters. The molecule has 1 fully saturated rings. The predicted octanol–water partition coefficient (Wildman–Crippen LogP) is 1.24. The number of esters is 1. The zero-order valence-corrected chi connectivity index (χ0v) is 15.5. The summed E-state index contributed by atoms with van der Waals surface area (Å²) in [4.78, 5) is 28.7. The molecule has 2 heterocycles. The first-order valence-electron chi connectivity index (χ1n) is 7.63. The Kier molecular flexibility index (Phi) is 5.94. The van der Waals surface area contributed by atoms with Gasteiger partial charge in [0.05, 0.1) is 24.5 Å². The number of carbonyl (C=O) groups is 2. The third kappa shape index (κ3) is 4.52. The quantitative estimate of drug-likeness (QED) is 0.776. The highest BCUT2D eigenvalue weighted by Crippen LogP contribution is 2.25. The van der Waals surface area contributed by atoms with E-state index >= 15 is 0 Å². The number of piperidine rings is 1. The van der Waals surface area contributed by atoms with Crippen LogP contribution in [0.3, 0.4) is 0 Å². The number of nitrogens with one attached hydrogen (secondary N) is 1. The van der Waals surface area contributed by atoms with Gasteiger partial charge in [-0.05, 0) is 26.7 Å². The number of sulfonamides is 1. The highest BCUT2D eigenvalue weighted by atomic mass is 32.2. The summed E-state index contributed by atoms with van der Waals surface area (Å²) in [5.41, 5.74) is 0.496. The Morgan fingerprint density at radius 3 is 2.79 bits per heavy atom. The minimum Gasteiger partial charge on any atom is -0.462 e. The van der Waals surface area contributed by atoms with E-state index in [1.54, 1.807) is 13.8 Å². The molecule has 8 nitrogen and oxygen atoms in total. The molecule has 0 radical (unpaired) electrons. The fourth-order valence-corrected chi connectivity index (χ4v) is 4.28. The molecule has 1 aliphatic rings. The number of ether oxygens (including phenoxy) is 1. The van der Waals surface area contributed by atoms with E-state index in [-0.39, 0.29) is 19.1 Å². The maximum absolute atomic E-state index is 12.4. The highest BCUT2D eigenvalue weighted by molar-refractivity contribution is 7.88. The number of rotatable bonds is 5. The number of hydrogen-bond donors (Lipinski definition) is 1. The number of nitrogens with zero attached hydrogens (tertiary/aromatic N) is 2. The van der Waals surface area contributed by atoms with Gasteiger partial charge in [0.2, 0.25) is 15.9 Å². The van der Waals surface area contributed by atoms with E-state index in [1.165, 1.54) is 4.31 Å². The summed E-state index contributed by atoms with van der Waals surface area (Å²) in [6, 6.07) is 0. The number of aryl methyl sites for hydroxylation is 1. The van der Waals surface area contributed by atoms with Crippen LogP contribution in [-0.2, 0) is 19.6 Å². The second-order valence-electron chi connectivity index (χ2n) is 5.60. The zero-order valence-electron chi connectivity index (χ0n) is 13.9. The van der Waals surface area contributed by atoms with Gasteiger partial charge in [0.1, 0.15) is 4.88 Å². The Morgan fingerprint density at radius 1 is 1.46 bits per heavy atom.